The van der Waals surface area contributed by atoms with Gasteiger partial charge in [-0.25, -0.2) is 0 Å². The molecule has 4 atom stereocenters. The van der Waals surface area contributed by atoms with Gasteiger partial charge in [0.2, 0.25) is 0 Å². The number of nitrogens with one attached hydrogen (secondary N) is 1. The van der Waals surface area contributed by atoms with Gasteiger partial charge in [-0.3, -0.25) is 9.69 Å². The van der Waals surface area contributed by atoms with Crippen LogP contribution in [-0.4, -0.2) is 53.3 Å². The molecule has 6 nitrogen and oxygen atoms in total. The van der Waals surface area contributed by atoms with Gasteiger partial charge in [-0.2, -0.15) is 0 Å². The second kappa shape index (κ2) is 6.64. The van der Waals surface area contributed by atoms with Gasteiger partial charge in [0.25, 0.3) is 5.91 Å². The Hall–Kier alpha value is -1.40. The average Bonchev–Trinajstić information content (AvgIpc) is 3.38. The Labute approximate surface area is 154 Å². The van der Waals surface area contributed by atoms with Gasteiger partial charge in [0.05, 0.1) is 11.7 Å². The monoisotopic (exact) mass is 359 g/mol. The van der Waals surface area contributed by atoms with E-state index >= 15 is 0 Å². The van der Waals surface area contributed by atoms with Gasteiger partial charge in [0.15, 0.2) is 5.69 Å². The number of amides is 1. The molecule has 0 aromatic carbocycles. The van der Waals surface area contributed by atoms with Crippen molar-refractivity contribution < 1.29 is 14.1 Å². The molecule has 5 rings (SSSR count). The van der Waals surface area contributed by atoms with E-state index in [4.69, 9.17) is 9.26 Å². The summed E-state index contributed by atoms with van der Waals surface area (Å²) in [6.45, 7) is 2.93. The Balaban J connectivity index is 1.25. The molecule has 4 fully saturated rings. The van der Waals surface area contributed by atoms with E-state index < -0.39 is 0 Å². The van der Waals surface area contributed by atoms with Crippen molar-refractivity contribution in [3.8, 4) is 0 Å². The Morgan fingerprint density at radius 1 is 1.27 bits per heavy atom. The Bertz CT molecular complexity index is 641. The maximum Gasteiger partial charge on any atom is 0.273 e. The van der Waals surface area contributed by atoms with Crippen LogP contribution in [0.3, 0.4) is 0 Å². The maximum absolute atomic E-state index is 12.2. The van der Waals surface area contributed by atoms with Crippen molar-refractivity contribution in [3.05, 3.63) is 18.0 Å². The van der Waals surface area contributed by atoms with Crippen LogP contribution in [0.5, 0.6) is 0 Å². The number of carbonyl (C=O) groups is 1. The zero-order valence-corrected chi connectivity index (χ0v) is 15.4. The third-order valence-corrected chi connectivity index (χ3v) is 7.32. The predicted molar refractivity (Wildman–Crippen MR) is 95.7 cm³/mol. The highest BCUT2D eigenvalue weighted by Crippen LogP contribution is 2.55. The molecule has 26 heavy (non-hydrogen) atoms. The second-order valence-electron chi connectivity index (χ2n) is 8.70. The van der Waals surface area contributed by atoms with Crippen molar-refractivity contribution >= 4 is 5.91 Å². The van der Waals surface area contributed by atoms with Crippen LogP contribution in [0.15, 0.2) is 16.9 Å². The molecule has 0 unspecified atom stereocenters. The van der Waals surface area contributed by atoms with Crippen molar-refractivity contribution in [1.82, 2.24) is 15.4 Å². The summed E-state index contributed by atoms with van der Waals surface area (Å²) in [5.74, 6) is 0.840. The van der Waals surface area contributed by atoms with E-state index in [0.717, 1.165) is 25.6 Å². The fraction of sp³-hybridized carbons (Fsp3) is 0.800. The summed E-state index contributed by atoms with van der Waals surface area (Å²) in [4.78, 5) is 15.0. The lowest BCUT2D eigenvalue weighted by Gasteiger charge is -2.29. The summed E-state index contributed by atoms with van der Waals surface area (Å²) in [6, 6.07) is 2.35. The fourth-order valence-corrected chi connectivity index (χ4v) is 6.03. The number of hydrogen-bond donors (Lipinski definition) is 1. The van der Waals surface area contributed by atoms with Gasteiger partial charge < -0.3 is 14.6 Å². The lowest BCUT2D eigenvalue weighted by molar-refractivity contribution is -0.00182. The molecule has 1 N–H and O–H groups in total. The van der Waals surface area contributed by atoms with Crippen LogP contribution in [0.1, 0.15) is 61.9 Å². The fourth-order valence-electron chi connectivity index (χ4n) is 6.03. The summed E-state index contributed by atoms with van der Waals surface area (Å²) in [7, 11) is 0. The third kappa shape index (κ3) is 2.78. The SMILES string of the molecule is O=C(NC[C@H]1[C@H]2CN(C3CCCCCC3)C[C@]23CC[C@H]1O3)c1ccon1. The Morgan fingerprint density at radius 3 is 2.88 bits per heavy atom. The van der Waals surface area contributed by atoms with Gasteiger partial charge >= 0.3 is 0 Å². The normalized spacial score (nSPS) is 37.6. The quantitative estimate of drug-likeness (QED) is 0.837. The van der Waals surface area contributed by atoms with Gasteiger partial charge in [0, 0.05) is 43.6 Å². The molecular formula is C20H29N3O3. The Morgan fingerprint density at radius 2 is 2.12 bits per heavy atom. The molecule has 1 aromatic rings. The number of fused-ring (bicyclic) bond motifs is 1. The number of aromatic nitrogens is 1. The minimum atomic E-state index is -0.144. The number of rotatable bonds is 4. The standard InChI is InChI=1S/C20H29N3O3/c24-19(17-8-10-25-22-17)21-11-15-16-12-23(14-5-3-1-2-4-6-14)13-20(16)9-7-18(15)26-20/h8,10,14-16,18H,1-7,9,11-13H2,(H,21,24)/t15-,16+,18+,20+/m0/s1. The number of hydrogen-bond acceptors (Lipinski definition) is 5. The third-order valence-electron chi connectivity index (χ3n) is 7.32. The van der Waals surface area contributed by atoms with E-state index in [0.29, 0.717) is 30.2 Å². The first kappa shape index (κ1) is 16.8. The van der Waals surface area contributed by atoms with Crippen LogP contribution >= 0.6 is 0 Å². The first-order valence-corrected chi connectivity index (χ1v) is 10.4. The highest BCUT2D eigenvalue weighted by Gasteiger charge is 2.63. The van der Waals surface area contributed by atoms with Crippen molar-refractivity contribution in [1.29, 1.82) is 0 Å². The zero-order chi connectivity index (χ0) is 17.6. The second-order valence-corrected chi connectivity index (χ2v) is 8.70. The Kier molecular flexibility index (Phi) is 4.28. The average molecular weight is 359 g/mol. The molecular weight excluding hydrogens is 330 g/mol. The first-order chi connectivity index (χ1) is 12.8. The molecule has 4 heterocycles. The molecule has 6 heteroatoms. The minimum absolute atomic E-state index is 0.0558. The van der Waals surface area contributed by atoms with Gasteiger partial charge in [-0.15, -0.1) is 0 Å². The van der Waals surface area contributed by atoms with Gasteiger partial charge in [0.1, 0.15) is 6.26 Å². The number of ether oxygens (including phenoxy) is 1. The number of likely N-dealkylation sites (tertiary alicyclic amines) is 1. The van der Waals surface area contributed by atoms with Crippen molar-refractivity contribution in [2.24, 2.45) is 11.8 Å². The predicted octanol–water partition coefficient (Wildman–Crippen LogP) is 2.61. The molecule has 4 aliphatic rings. The highest BCUT2D eigenvalue weighted by molar-refractivity contribution is 5.91. The minimum Gasteiger partial charge on any atom is -0.370 e. The summed E-state index contributed by atoms with van der Waals surface area (Å²) in [5, 5.41) is 6.80. The van der Waals surface area contributed by atoms with Crippen LogP contribution in [0.2, 0.25) is 0 Å². The van der Waals surface area contributed by atoms with Crippen LogP contribution in [-0.2, 0) is 4.74 Å². The number of nitrogens with zero attached hydrogens (tertiary/aromatic N) is 2. The van der Waals surface area contributed by atoms with E-state index in [1.807, 2.05) is 0 Å². The van der Waals surface area contributed by atoms with E-state index in [1.165, 1.54) is 51.2 Å². The van der Waals surface area contributed by atoms with Crippen LogP contribution in [0, 0.1) is 11.8 Å². The zero-order valence-electron chi connectivity index (χ0n) is 15.4. The van der Waals surface area contributed by atoms with E-state index in [-0.39, 0.29) is 11.5 Å². The van der Waals surface area contributed by atoms with Gasteiger partial charge in [-0.1, -0.05) is 30.8 Å². The molecule has 3 aliphatic heterocycles. The van der Waals surface area contributed by atoms with Crippen molar-refractivity contribution in [2.45, 2.75) is 69.1 Å². The van der Waals surface area contributed by atoms with Crippen LogP contribution in [0.25, 0.3) is 0 Å². The molecule has 1 aromatic heterocycles. The van der Waals surface area contributed by atoms with E-state index in [1.54, 1.807) is 6.07 Å². The lowest BCUT2D eigenvalue weighted by Crippen LogP contribution is -2.42. The smallest absolute Gasteiger partial charge is 0.273 e. The molecule has 1 amide bonds. The van der Waals surface area contributed by atoms with Crippen molar-refractivity contribution in [3.63, 3.8) is 0 Å². The lowest BCUT2D eigenvalue weighted by atomic mass is 9.73. The summed E-state index contributed by atoms with van der Waals surface area (Å²) in [6.07, 6.45) is 12.3. The molecule has 1 spiro atoms. The molecule has 142 valence electrons. The van der Waals surface area contributed by atoms with Crippen LogP contribution in [0.4, 0.5) is 0 Å². The maximum atomic E-state index is 12.2. The molecule has 1 aliphatic carbocycles. The first-order valence-electron chi connectivity index (χ1n) is 10.4. The summed E-state index contributed by atoms with van der Waals surface area (Å²) >= 11 is 0. The topological polar surface area (TPSA) is 67.6 Å². The summed E-state index contributed by atoms with van der Waals surface area (Å²) < 4.78 is 11.3. The number of carbonyl (C=O) groups excluding carboxylic acids is 1. The highest BCUT2D eigenvalue weighted by atomic mass is 16.5. The molecule has 0 radical (unpaired) electrons. The van der Waals surface area contributed by atoms with Crippen molar-refractivity contribution in [2.75, 3.05) is 19.6 Å². The van der Waals surface area contributed by atoms with E-state index in [9.17, 15) is 4.79 Å². The van der Waals surface area contributed by atoms with E-state index in [2.05, 4.69) is 15.4 Å². The summed E-state index contributed by atoms with van der Waals surface area (Å²) in [5.41, 5.74) is 0.413. The molecule has 1 saturated carbocycles. The van der Waals surface area contributed by atoms with Gasteiger partial charge in [-0.05, 0) is 25.7 Å². The molecule has 3 saturated heterocycles. The molecule has 2 bridgehead atoms. The largest absolute Gasteiger partial charge is 0.370 e. The van der Waals surface area contributed by atoms with Crippen LogP contribution < -0.4 is 5.32 Å².